The van der Waals surface area contributed by atoms with Crippen molar-refractivity contribution in [2.24, 2.45) is 0 Å². The molecule has 0 radical (unpaired) electrons. The van der Waals surface area contributed by atoms with E-state index in [0.29, 0.717) is 5.92 Å². The largest absolute Gasteiger partial charge is 0.467 e. The summed E-state index contributed by atoms with van der Waals surface area (Å²) >= 11 is 0. The van der Waals surface area contributed by atoms with Crippen LogP contribution >= 0.6 is 0 Å². The van der Waals surface area contributed by atoms with Crippen LogP contribution in [0.3, 0.4) is 0 Å². The molecule has 0 N–H and O–H groups in total. The molecular weight excluding hydrogens is 252 g/mol. The van der Waals surface area contributed by atoms with Crippen molar-refractivity contribution in [1.29, 1.82) is 0 Å². The summed E-state index contributed by atoms with van der Waals surface area (Å²) in [5.41, 5.74) is 1.98. The van der Waals surface area contributed by atoms with Crippen LogP contribution < -0.4 is 0 Å². The van der Waals surface area contributed by atoms with E-state index in [4.69, 9.17) is 9.47 Å². The summed E-state index contributed by atoms with van der Waals surface area (Å²) in [5, 5.41) is 0. The predicted molar refractivity (Wildman–Crippen MR) is 76.5 cm³/mol. The standard InChI is InChI=1S/C17H22O3/c1-17(15(20-17)16(18)19-2)14-10-8-13(9-11-14)12-6-4-3-5-7-12/h8-12,15H,3-7H2,1-2H3. The fourth-order valence-corrected chi connectivity index (χ4v) is 3.33. The summed E-state index contributed by atoms with van der Waals surface area (Å²) in [7, 11) is 1.40. The van der Waals surface area contributed by atoms with Crippen molar-refractivity contribution in [3.63, 3.8) is 0 Å². The Morgan fingerprint density at radius 3 is 2.45 bits per heavy atom. The van der Waals surface area contributed by atoms with Gasteiger partial charge in [-0.15, -0.1) is 0 Å². The van der Waals surface area contributed by atoms with Crippen LogP contribution in [0.5, 0.6) is 0 Å². The molecule has 1 aliphatic heterocycles. The van der Waals surface area contributed by atoms with Crippen molar-refractivity contribution in [2.45, 2.75) is 56.7 Å². The maximum absolute atomic E-state index is 11.5. The molecule has 0 amide bonds. The summed E-state index contributed by atoms with van der Waals surface area (Å²) in [6.45, 7) is 1.95. The number of esters is 1. The van der Waals surface area contributed by atoms with E-state index < -0.39 is 11.7 Å². The van der Waals surface area contributed by atoms with Gasteiger partial charge in [-0.3, -0.25) is 0 Å². The number of methoxy groups -OCH3 is 1. The number of carbonyl (C=O) groups is 1. The van der Waals surface area contributed by atoms with E-state index in [1.54, 1.807) is 0 Å². The average Bonchev–Trinajstić information content (AvgIpc) is 3.21. The molecule has 2 aliphatic rings. The molecule has 3 nitrogen and oxygen atoms in total. The van der Waals surface area contributed by atoms with E-state index in [9.17, 15) is 4.79 Å². The van der Waals surface area contributed by atoms with Gasteiger partial charge in [-0.05, 0) is 36.8 Å². The molecule has 1 saturated carbocycles. The number of rotatable bonds is 3. The Morgan fingerprint density at radius 2 is 1.85 bits per heavy atom. The molecular formula is C17H22O3. The summed E-state index contributed by atoms with van der Waals surface area (Å²) in [6.07, 6.45) is 6.22. The zero-order valence-corrected chi connectivity index (χ0v) is 12.2. The highest BCUT2D eigenvalue weighted by atomic mass is 16.6. The normalized spacial score (nSPS) is 30.0. The fourth-order valence-electron chi connectivity index (χ4n) is 3.33. The van der Waals surface area contributed by atoms with Crippen LogP contribution in [0.1, 0.15) is 56.1 Å². The number of epoxide rings is 1. The van der Waals surface area contributed by atoms with Gasteiger partial charge in [0.2, 0.25) is 0 Å². The summed E-state index contributed by atoms with van der Waals surface area (Å²) < 4.78 is 10.3. The number of hydrogen-bond donors (Lipinski definition) is 0. The first-order valence-electron chi connectivity index (χ1n) is 7.51. The Bertz CT molecular complexity index is 487. The van der Waals surface area contributed by atoms with Crippen molar-refractivity contribution in [1.82, 2.24) is 0 Å². The maximum atomic E-state index is 11.5. The van der Waals surface area contributed by atoms with Gasteiger partial charge in [0.25, 0.3) is 0 Å². The highest BCUT2D eigenvalue weighted by Crippen LogP contribution is 2.46. The predicted octanol–water partition coefficient (Wildman–Crippen LogP) is 3.52. The quantitative estimate of drug-likeness (QED) is 0.625. The Hall–Kier alpha value is -1.35. The molecule has 20 heavy (non-hydrogen) atoms. The van der Waals surface area contributed by atoms with E-state index in [-0.39, 0.29) is 5.97 Å². The van der Waals surface area contributed by atoms with Crippen LogP contribution in [0.15, 0.2) is 24.3 Å². The van der Waals surface area contributed by atoms with Crippen molar-refractivity contribution in [2.75, 3.05) is 7.11 Å². The molecule has 2 unspecified atom stereocenters. The zero-order valence-electron chi connectivity index (χ0n) is 12.2. The molecule has 1 aromatic rings. The van der Waals surface area contributed by atoms with Gasteiger partial charge in [-0.2, -0.15) is 0 Å². The van der Waals surface area contributed by atoms with Crippen molar-refractivity contribution < 1.29 is 14.3 Å². The van der Waals surface area contributed by atoms with E-state index >= 15 is 0 Å². The van der Waals surface area contributed by atoms with E-state index in [1.807, 2.05) is 6.92 Å². The highest BCUT2D eigenvalue weighted by molar-refractivity contribution is 5.79. The van der Waals surface area contributed by atoms with Gasteiger partial charge in [0, 0.05) is 0 Å². The molecule has 0 spiro atoms. The monoisotopic (exact) mass is 274 g/mol. The maximum Gasteiger partial charge on any atom is 0.338 e. The number of carbonyl (C=O) groups excluding carboxylic acids is 1. The van der Waals surface area contributed by atoms with Crippen LogP contribution in [0.4, 0.5) is 0 Å². The summed E-state index contributed by atoms with van der Waals surface area (Å²) in [4.78, 5) is 11.5. The summed E-state index contributed by atoms with van der Waals surface area (Å²) in [6, 6.07) is 8.61. The van der Waals surface area contributed by atoms with Crippen molar-refractivity contribution in [3.8, 4) is 0 Å². The molecule has 1 aromatic carbocycles. The Kier molecular flexibility index (Phi) is 3.55. The van der Waals surface area contributed by atoms with Gasteiger partial charge in [-0.1, -0.05) is 43.5 Å². The minimum atomic E-state index is -0.502. The lowest BCUT2D eigenvalue weighted by Gasteiger charge is -2.22. The van der Waals surface area contributed by atoms with E-state index in [1.165, 1.54) is 44.8 Å². The zero-order chi connectivity index (χ0) is 14.2. The minimum Gasteiger partial charge on any atom is -0.467 e. The highest BCUT2D eigenvalue weighted by Gasteiger charge is 2.59. The molecule has 3 heteroatoms. The second-order valence-electron chi connectivity index (χ2n) is 6.09. The third-order valence-corrected chi connectivity index (χ3v) is 4.78. The topological polar surface area (TPSA) is 38.8 Å². The Labute approximate surface area is 120 Å². The van der Waals surface area contributed by atoms with Crippen LogP contribution in [0, 0.1) is 0 Å². The molecule has 0 aromatic heterocycles. The van der Waals surface area contributed by atoms with Crippen LogP contribution in [0.25, 0.3) is 0 Å². The van der Waals surface area contributed by atoms with Crippen LogP contribution in [0.2, 0.25) is 0 Å². The van der Waals surface area contributed by atoms with Gasteiger partial charge in [0.05, 0.1) is 7.11 Å². The number of benzene rings is 1. The molecule has 3 rings (SSSR count). The average molecular weight is 274 g/mol. The molecule has 0 bridgehead atoms. The van der Waals surface area contributed by atoms with Crippen LogP contribution in [-0.4, -0.2) is 19.2 Å². The van der Waals surface area contributed by atoms with Gasteiger partial charge in [-0.25, -0.2) is 4.79 Å². The van der Waals surface area contributed by atoms with Gasteiger partial charge >= 0.3 is 5.97 Å². The molecule has 1 heterocycles. The molecule has 1 saturated heterocycles. The van der Waals surface area contributed by atoms with Crippen molar-refractivity contribution >= 4 is 5.97 Å². The second kappa shape index (κ2) is 5.21. The van der Waals surface area contributed by atoms with E-state index in [2.05, 4.69) is 24.3 Å². The lowest BCUT2D eigenvalue weighted by Crippen LogP contribution is -2.17. The lowest BCUT2D eigenvalue weighted by atomic mass is 9.83. The SMILES string of the molecule is COC(=O)C1OC1(C)c1ccc(C2CCCCC2)cc1. The third kappa shape index (κ3) is 2.35. The molecule has 1 aliphatic carbocycles. The van der Waals surface area contributed by atoms with Crippen molar-refractivity contribution in [3.05, 3.63) is 35.4 Å². The second-order valence-corrected chi connectivity index (χ2v) is 6.09. The van der Waals surface area contributed by atoms with Gasteiger partial charge in [0.15, 0.2) is 6.10 Å². The van der Waals surface area contributed by atoms with Gasteiger partial charge in [0.1, 0.15) is 5.60 Å². The smallest absolute Gasteiger partial charge is 0.338 e. The first-order valence-corrected chi connectivity index (χ1v) is 7.51. The van der Waals surface area contributed by atoms with E-state index in [0.717, 1.165) is 5.56 Å². The van der Waals surface area contributed by atoms with Gasteiger partial charge < -0.3 is 9.47 Å². The lowest BCUT2D eigenvalue weighted by molar-refractivity contribution is -0.142. The van der Waals surface area contributed by atoms with Crippen LogP contribution in [-0.2, 0) is 19.9 Å². The minimum absolute atomic E-state index is 0.288. The molecule has 2 atom stereocenters. The first kappa shape index (κ1) is 13.6. The Morgan fingerprint density at radius 1 is 1.20 bits per heavy atom. The molecule has 2 fully saturated rings. The molecule has 108 valence electrons. The Balaban J connectivity index is 1.72. The third-order valence-electron chi connectivity index (χ3n) is 4.78. The number of hydrogen-bond acceptors (Lipinski definition) is 3. The fraction of sp³-hybridized carbons (Fsp3) is 0.588. The first-order chi connectivity index (χ1) is 9.65. The number of ether oxygens (including phenoxy) is 2. The summed E-state index contributed by atoms with van der Waals surface area (Å²) in [5.74, 6) is 0.422.